The molecule has 5 heteroatoms. The van der Waals surface area contributed by atoms with E-state index < -0.39 is 0 Å². The Morgan fingerprint density at radius 2 is 1.75 bits per heavy atom. The topological polar surface area (TPSA) is 55.6 Å². The molecule has 0 radical (unpaired) electrons. The van der Waals surface area contributed by atoms with E-state index in [4.69, 9.17) is 0 Å². The van der Waals surface area contributed by atoms with Gasteiger partial charge in [-0.3, -0.25) is 0 Å². The van der Waals surface area contributed by atoms with Crippen molar-refractivity contribution in [2.24, 2.45) is 0 Å². The second-order valence-corrected chi connectivity index (χ2v) is 7.98. The van der Waals surface area contributed by atoms with E-state index in [2.05, 4.69) is 84.1 Å². The summed E-state index contributed by atoms with van der Waals surface area (Å²) in [4.78, 5) is 0. The number of benzene rings is 2. The molecular formula is C23H29N5. The smallest absolute Gasteiger partial charge is 0.181 e. The van der Waals surface area contributed by atoms with Crippen LogP contribution < -0.4 is 5.32 Å². The van der Waals surface area contributed by atoms with Crippen LogP contribution in [-0.4, -0.2) is 20.2 Å². The van der Waals surface area contributed by atoms with Crippen LogP contribution in [0.5, 0.6) is 0 Å². The molecule has 1 aromatic heterocycles. The van der Waals surface area contributed by atoms with Crippen LogP contribution in [0.1, 0.15) is 61.5 Å². The second kappa shape index (κ2) is 7.74. The van der Waals surface area contributed by atoms with Crippen LogP contribution in [0.4, 0.5) is 5.69 Å². The summed E-state index contributed by atoms with van der Waals surface area (Å²) in [6, 6.07) is 15.0. The van der Waals surface area contributed by atoms with E-state index in [1.54, 1.807) is 0 Å². The molecule has 0 spiro atoms. The summed E-state index contributed by atoms with van der Waals surface area (Å²) in [6.45, 7) is 6.44. The molecule has 1 heterocycles. The van der Waals surface area contributed by atoms with Crippen LogP contribution in [0, 0.1) is 13.8 Å². The zero-order valence-corrected chi connectivity index (χ0v) is 17.1. The van der Waals surface area contributed by atoms with Crippen LogP contribution >= 0.6 is 0 Å². The van der Waals surface area contributed by atoms with Crippen molar-refractivity contribution in [2.45, 2.75) is 64.8 Å². The molecule has 0 bridgehead atoms. The number of anilines is 1. The lowest BCUT2D eigenvalue weighted by atomic mass is 9.80. The first-order valence-electron chi connectivity index (χ1n) is 10.4. The highest BCUT2D eigenvalue weighted by Crippen LogP contribution is 2.40. The van der Waals surface area contributed by atoms with Gasteiger partial charge in [0.2, 0.25) is 0 Å². The quantitative estimate of drug-likeness (QED) is 0.673. The number of aromatic nitrogens is 4. The number of tetrazole rings is 1. The molecule has 0 aliphatic heterocycles. The first kappa shape index (κ1) is 18.7. The van der Waals surface area contributed by atoms with E-state index in [-0.39, 0.29) is 5.54 Å². The van der Waals surface area contributed by atoms with Crippen molar-refractivity contribution in [1.82, 2.24) is 20.2 Å². The lowest BCUT2D eigenvalue weighted by Gasteiger charge is -2.38. The van der Waals surface area contributed by atoms with Gasteiger partial charge >= 0.3 is 0 Å². The van der Waals surface area contributed by atoms with Gasteiger partial charge in [0, 0.05) is 5.69 Å². The fraction of sp³-hybridized carbons (Fsp3) is 0.435. The standard InChI is InChI=1S/C23H29N5/c1-4-19-10-8-9-18(3)21(19)28-22(25-26-27-28)23(15-6-5-7-16-23)24-20-13-11-17(2)12-14-20/h8-14,24H,4-7,15-16H2,1-3H3. The molecule has 1 N–H and O–H groups in total. The van der Waals surface area contributed by atoms with E-state index >= 15 is 0 Å². The maximum Gasteiger partial charge on any atom is 0.181 e. The van der Waals surface area contributed by atoms with Gasteiger partial charge in [0.05, 0.1) is 11.2 Å². The van der Waals surface area contributed by atoms with E-state index in [0.29, 0.717) is 0 Å². The fourth-order valence-electron chi connectivity index (χ4n) is 4.42. The number of hydrogen-bond acceptors (Lipinski definition) is 4. The van der Waals surface area contributed by atoms with Gasteiger partial charge in [0.25, 0.3) is 0 Å². The molecule has 28 heavy (non-hydrogen) atoms. The van der Waals surface area contributed by atoms with E-state index in [0.717, 1.165) is 36.5 Å². The van der Waals surface area contributed by atoms with Crippen molar-refractivity contribution < 1.29 is 0 Å². The first-order chi connectivity index (χ1) is 13.6. The Morgan fingerprint density at radius 3 is 2.46 bits per heavy atom. The Labute approximate surface area is 167 Å². The summed E-state index contributed by atoms with van der Waals surface area (Å²) >= 11 is 0. The summed E-state index contributed by atoms with van der Waals surface area (Å²) in [7, 11) is 0. The molecule has 1 aliphatic rings. The largest absolute Gasteiger partial charge is 0.373 e. The monoisotopic (exact) mass is 375 g/mol. The molecule has 5 nitrogen and oxygen atoms in total. The molecule has 2 aromatic carbocycles. The number of rotatable bonds is 5. The molecule has 146 valence electrons. The van der Waals surface area contributed by atoms with Gasteiger partial charge in [-0.1, -0.05) is 62.1 Å². The predicted octanol–water partition coefficient (Wildman–Crippen LogP) is 5.11. The third-order valence-corrected chi connectivity index (χ3v) is 5.95. The van der Waals surface area contributed by atoms with E-state index in [1.807, 2.05) is 4.68 Å². The Morgan fingerprint density at radius 1 is 1.00 bits per heavy atom. The summed E-state index contributed by atoms with van der Waals surface area (Å²) < 4.78 is 1.99. The number of para-hydroxylation sites is 1. The van der Waals surface area contributed by atoms with Crippen LogP contribution in [0.25, 0.3) is 5.69 Å². The molecule has 0 amide bonds. The SMILES string of the molecule is CCc1cccc(C)c1-n1nnnc1C1(Nc2ccc(C)cc2)CCCCC1. The summed E-state index contributed by atoms with van der Waals surface area (Å²) in [5, 5.41) is 16.9. The van der Waals surface area contributed by atoms with E-state index in [9.17, 15) is 0 Å². The summed E-state index contributed by atoms with van der Waals surface area (Å²) in [5.41, 5.74) is 5.75. The van der Waals surface area contributed by atoms with E-state index in [1.165, 1.54) is 36.0 Å². The first-order valence-corrected chi connectivity index (χ1v) is 10.4. The number of nitrogens with one attached hydrogen (secondary N) is 1. The molecule has 1 fully saturated rings. The predicted molar refractivity (Wildman–Crippen MR) is 113 cm³/mol. The Kier molecular flexibility index (Phi) is 5.16. The average molecular weight is 376 g/mol. The zero-order valence-electron chi connectivity index (χ0n) is 17.1. The molecule has 0 unspecified atom stereocenters. The molecule has 1 aliphatic carbocycles. The van der Waals surface area contributed by atoms with Gasteiger partial charge in [-0.15, -0.1) is 5.10 Å². The van der Waals surface area contributed by atoms with Crippen molar-refractivity contribution >= 4 is 5.69 Å². The highest BCUT2D eigenvalue weighted by molar-refractivity contribution is 5.51. The third-order valence-electron chi connectivity index (χ3n) is 5.95. The van der Waals surface area contributed by atoms with Crippen molar-refractivity contribution in [3.05, 3.63) is 65.0 Å². The Balaban J connectivity index is 1.81. The normalized spacial score (nSPS) is 16.1. The maximum absolute atomic E-state index is 4.56. The molecule has 1 saturated carbocycles. The minimum atomic E-state index is -0.246. The Hall–Kier alpha value is -2.69. The number of aryl methyl sites for hydroxylation is 3. The van der Waals surface area contributed by atoms with Gasteiger partial charge in [-0.25, -0.2) is 0 Å². The van der Waals surface area contributed by atoms with Gasteiger partial charge in [0.1, 0.15) is 0 Å². The fourth-order valence-corrected chi connectivity index (χ4v) is 4.42. The van der Waals surface area contributed by atoms with Crippen LogP contribution in [-0.2, 0) is 12.0 Å². The van der Waals surface area contributed by atoms with Crippen LogP contribution in [0.2, 0.25) is 0 Å². The van der Waals surface area contributed by atoms with Crippen LogP contribution in [0.3, 0.4) is 0 Å². The average Bonchev–Trinajstić information content (AvgIpc) is 3.20. The minimum Gasteiger partial charge on any atom is -0.373 e. The zero-order chi connectivity index (χ0) is 19.6. The highest BCUT2D eigenvalue weighted by atomic mass is 15.6. The molecular weight excluding hydrogens is 346 g/mol. The molecule has 3 aromatic rings. The number of nitrogens with zero attached hydrogens (tertiary/aromatic N) is 4. The number of hydrogen-bond donors (Lipinski definition) is 1. The lowest BCUT2D eigenvalue weighted by molar-refractivity contribution is 0.309. The summed E-state index contributed by atoms with van der Waals surface area (Å²) in [6.07, 6.45) is 6.65. The summed E-state index contributed by atoms with van der Waals surface area (Å²) in [5.74, 6) is 0.928. The van der Waals surface area contributed by atoms with Crippen molar-refractivity contribution in [3.8, 4) is 5.69 Å². The Bertz CT molecular complexity index is 936. The van der Waals surface area contributed by atoms with Gasteiger partial charge in [0.15, 0.2) is 5.82 Å². The third kappa shape index (κ3) is 3.41. The molecule has 0 atom stereocenters. The molecule has 4 rings (SSSR count). The van der Waals surface area contributed by atoms with Gasteiger partial charge < -0.3 is 5.32 Å². The van der Waals surface area contributed by atoms with Crippen molar-refractivity contribution in [3.63, 3.8) is 0 Å². The van der Waals surface area contributed by atoms with Crippen molar-refractivity contribution in [2.75, 3.05) is 5.32 Å². The van der Waals surface area contributed by atoms with Gasteiger partial charge in [-0.2, -0.15) is 4.68 Å². The molecule has 0 saturated heterocycles. The van der Waals surface area contributed by atoms with Crippen LogP contribution in [0.15, 0.2) is 42.5 Å². The maximum atomic E-state index is 4.56. The lowest BCUT2D eigenvalue weighted by Crippen LogP contribution is -2.40. The second-order valence-electron chi connectivity index (χ2n) is 7.98. The highest BCUT2D eigenvalue weighted by Gasteiger charge is 2.39. The minimum absolute atomic E-state index is 0.246. The van der Waals surface area contributed by atoms with Gasteiger partial charge in [-0.05, 0) is 66.8 Å². The van der Waals surface area contributed by atoms with Crippen molar-refractivity contribution in [1.29, 1.82) is 0 Å².